The molecule has 0 saturated carbocycles. The van der Waals surface area contributed by atoms with Crippen molar-refractivity contribution in [2.24, 2.45) is 0 Å². The highest BCUT2D eigenvalue weighted by Gasteiger charge is 2.18. The maximum Gasteiger partial charge on any atom is 0.234 e. The highest BCUT2D eigenvalue weighted by atomic mass is 35.5. The molecule has 0 spiro atoms. The molecule has 6 nitrogen and oxygen atoms in total. The lowest BCUT2D eigenvalue weighted by molar-refractivity contribution is 0.469. The van der Waals surface area contributed by atoms with Gasteiger partial charge < -0.3 is 9.72 Å². The molecule has 0 amide bonds. The number of hydrogen-bond acceptors (Lipinski definition) is 5. The Balaban J connectivity index is 1.84. The van der Waals surface area contributed by atoms with Gasteiger partial charge in [0.25, 0.3) is 0 Å². The predicted molar refractivity (Wildman–Crippen MR) is 92.9 cm³/mol. The number of H-pyrrole nitrogens is 1. The van der Waals surface area contributed by atoms with Crippen LogP contribution in [0.5, 0.6) is 11.6 Å². The van der Waals surface area contributed by atoms with Gasteiger partial charge in [0.05, 0.1) is 16.1 Å². The van der Waals surface area contributed by atoms with Crippen molar-refractivity contribution in [3.63, 3.8) is 0 Å². The van der Waals surface area contributed by atoms with Crippen LogP contribution in [0.1, 0.15) is 12.6 Å². The van der Waals surface area contributed by atoms with Gasteiger partial charge in [-0.15, -0.1) is 0 Å². The Bertz CT molecular complexity index is 1060. The van der Waals surface area contributed by atoms with Gasteiger partial charge in [-0.05, 0) is 30.2 Å². The Kier molecular flexibility index (Phi) is 3.70. The summed E-state index contributed by atoms with van der Waals surface area (Å²) in [7, 11) is 0. The first kappa shape index (κ1) is 15.1. The minimum absolute atomic E-state index is 0.0821. The average molecular weight is 360 g/mol. The lowest BCUT2D eigenvalue weighted by atomic mass is 10.3. The Labute approximate surface area is 146 Å². The van der Waals surface area contributed by atoms with Crippen molar-refractivity contribution in [1.29, 1.82) is 0 Å². The van der Waals surface area contributed by atoms with E-state index >= 15 is 0 Å². The number of rotatable bonds is 3. The number of aryl methyl sites for hydroxylation is 1. The second-order valence-electron chi connectivity index (χ2n) is 5.10. The number of nitrogens with zero attached hydrogens (tertiary/aromatic N) is 4. The summed E-state index contributed by atoms with van der Waals surface area (Å²) in [5.74, 6) is 0.864. The summed E-state index contributed by atoms with van der Waals surface area (Å²) in [5, 5.41) is 1.23. The summed E-state index contributed by atoms with van der Waals surface area (Å²) in [6, 6.07) is 5.40. The number of ether oxygens (including phenoxy) is 1. The predicted octanol–water partition coefficient (Wildman–Crippen LogP) is 4.56. The summed E-state index contributed by atoms with van der Waals surface area (Å²) in [6.45, 7) is 1.99. The summed E-state index contributed by atoms with van der Waals surface area (Å²) in [6.07, 6.45) is 4.00. The van der Waals surface area contributed by atoms with Crippen molar-refractivity contribution in [1.82, 2.24) is 24.9 Å². The molecule has 24 heavy (non-hydrogen) atoms. The number of benzene rings is 1. The zero-order valence-electron chi connectivity index (χ0n) is 12.5. The Morgan fingerprint density at radius 1 is 1.08 bits per heavy atom. The normalized spacial score (nSPS) is 11.3. The van der Waals surface area contributed by atoms with Crippen molar-refractivity contribution in [3.8, 4) is 11.6 Å². The van der Waals surface area contributed by atoms with E-state index in [1.807, 2.05) is 13.0 Å². The van der Waals surface area contributed by atoms with E-state index in [4.69, 9.17) is 27.9 Å². The second kappa shape index (κ2) is 5.89. The summed E-state index contributed by atoms with van der Waals surface area (Å²) in [5.41, 5.74) is 2.91. The topological polar surface area (TPSA) is 76.6 Å². The fraction of sp³-hybridized carbons (Fsp3) is 0.125. The van der Waals surface area contributed by atoms with Crippen LogP contribution in [0, 0.1) is 0 Å². The number of aromatic amines is 1. The van der Waals surface area contributed by atoms with Crippen LogP contribution >= 0.6 is 23.2 Å². The van der Waals surface area contributed by atoms with Gasteiger partial charge in [0.1, 0.15) is 16.8 Å². The van der Waals surface area contributed by atoms with Gasteiger partial charge in [-0.3, -0.25) is 9.97 Å². The van der Waals surface area contributed by atoms with E-state index in [9.17, 15) is 0 Å². The molecule has 0 fully saturated rings. The molecule has 0 aliphatic heterocycles. The summed E-state index contributed by atoms with van der Waals surface area (Å²) >= 11 is 12.4. The van der Waals surface area contributed by atoms with Gasteiger partial charge in [0.2, 0.25) is 11.2 Å². The molecule has 0 atom stereocenters. The molecular formula is C16H11Cl2N5O. The Hall–Kier alpha value is -2.44. The van der Waals surface area contributed by atoms with E-state index < -0.39 is 0 Å². The lowest BCUT2D eigenvalue weighted by Gasteiger charge is -2.07. The van der Waals surface area contributed by atoms with Crippen molar-refractivity contribution in [2.75, 3.05) is 0 Å². The number of hydrogen-bond donors (Lipinski definition) is 1. The molecule has 0 saturated heterocycles. The molecule has 4 rings (SSSR count). The van der Waals surface area contributed by atoms with Crippen LogP contribution < -0.4 is 4.74 Å². The van der Waals surface area contributed by atoms with Crippen LogP contribution in [0.4, 0.5) is 0 Å². The van der Waals surface area contributed by atoms with E-state index in [1.165, 1.54) is 0 Å². The van der Waals surface area contributed by atoms with Crippen molar-refractivity contribution >= 4 is 45.3 Å². The highest BCUT2D eigenvalue weighted by Crippen LogP contribution is 2.36. The van der Waals surface area contributed by atoms with Crippen LogP contribution in [-0.4, -0.2) is 24.9 Å². The quantitative estimate of drug-likeness (QED) is 0.542. The smallest absolute Gasteiger partial charge is 0.234 e. The maximum atomic E-state index is 6.42. The number of fused-ring (bicyclic) bond motifs is 2. The zero-order chi connectivity index (χ0) is 16.7. The summed E-state index contributed by atoms with van der Waals surface area (Å²) < 4.78 is 5.91. The molecule has 0 bridgehead atoms. The molecule has 0 unspecified atom stereocenters. The number of aromatic nitrogens is 5. The third kappa shape index (κ3) is 2.53. The Morgan fingerprint density at radius 3 is 2.67 bits per heavy atom. The highest BCUT2D eigenvalue weighted by molar-refractivity contribution is 6.37. The van der Waals surface area contributed by atoms with Crippen molar-refractivity contribution < 1.29 is 4.74 Å². The molecule has 3 heterocycles. The molecule has 3 aromatic heterocycles. The zero-order valence-corrected chi connectivity index (χ0v) is 14.1. The molecule has 120 valence electrons. The van der Waals surface area contributed by atoms with Crippen LogP contribution in [0.3, 0.4) is 0 Å². The molecular weight excluding hydrogens is 349 g/mol. The number of halogens is 2. The molecule has 0 aliphatic rings. The molecule has 0 aliphatic carbocycles. The first-order valence-electron chi connectivity index (χ1n) is 7.28. The van der Waals surface area contributed by atoms with Gasteiger partial charge >= 0.3 is 0 Å². The van der Waals surface area contributed by atoms with E-state index in [0.717, 1.165) is 23.1 Å². The molecule has 1 aromatic carbocycles. The fourth-order valence-corrected chi connectivity index (χ4v) is 3.00. The van der Waals surface area contributed by atoms with Crippen molar-refractivity contribution in [3.05, 3.63) is 46.6 Å². The van der Waals surface area contributed by atoms with Crippen LogP contribution in [-0.2, 0) is 6.42 Å². The van der Waals surface area contributed by atoms with E-state index in [1.54, 1.807) is 24.5 Å². The van der Waals surface area contributed by atoms with E-state index in [0.29, 0.717) is 27.7 Å². The fourth-order valence-electron chi connectivity index (χ4n) is 2.49. The number of nitrogens with one attached hydrogen (secondary N) is 1. The molecule has 4 aromatic rings. The molecule has 1 N–H and O–H groups in total. The monoisotopic (exact) mass is 359 g/mol. The van der Waals surface area contributed by atoms with Gasteiger partial charge in [-0.25, -0.2) is 0 Å². The molecule has 0 radical (unpaired) electrons. The van der Waals surface area contributed by atoms with E-state index in [2.05, 4.69) is 24.9 Å². The third-order valence-electron chi connectivity index (χ3n) is 3.61. The summed E-state index contributed by atoms with van der Waals surface area (Å²) in [4.78, 5) is 20.0. The standard InChI is InChI=1S/C16H11Cl2N5O/c1-2-9-13(17)12-14(21-9)22-16(18)23-15(12)24-8-3-4-10-11(7-8)20-6-5-19-10/h3-7H,2H2,1H3,(H,21,22,23). The minimum Gasteiger partial charge on any atom is -0.438 e. The minimum atomic E-state index is 0.0821. The average Bonchev–Trinajstić information content (AvgIpc) is 2.90. The van der Waals surface area contributed by atoms with E-state index in [-0.39, 0.29) is 5.28 Å². The SMILES string of the molecule is CCc1[nH]c2nc(Cl)nc(Oc3ccc4nccnc4c3)c2c1Cl. The second-order valence-corrected chi connectivity index (χ2v) is 5.82. The molecule has 8 heteroatoms. The van der Waals surface area contributed by atoms with Gasteiger partial charge in [0.15, 0.2) is 0 Å². The first-order chi connectivity index (χ1) is 11.7. The third-order valence-corrected chi connectivity index (χ3v) is 4.20. The Morgan fingerprint density at radius 2 is 1.88 bits per heavy atom. The van der Waals surface area contributed by atoms with Gasteiger partial charge in [-0.1, -0.05) is 18.5 Å². The van der Waals surface area contributed by atoms with Crippen LogP contribution in [0.25, 0.3) is 22.1 Å². The van der Waals surface area contributed by atoms with Crippen LogP contribution in [0.15, 0.2) is 30.6 Å². The van der Waals surface area contributed by atoms with Gasteiger partial charge in [0, 0.05) is 24.2 Å². The van der Waals surface area contributed by atoms with Gasteiger partial charge in [-0.2, -0.15) is 9.97 Å². The maximum absolute atomic E-state index is 6.42. The van der Waals surface area contributed by atoms with Crippen molar-refractivity contribution in [2.45, 2.75) is 13.3 Å². The first-order valence-corrected chi connectivity index (χ1v) is 8.03. The largest absolute Gasteiger partial charge is 0.438 e. The lowest BCUT2D eigenvalue weighted by Crippen LogP contribution is -1.93. The van der Waals surface area contributed by atoms with Crippen LogP contribution in [0.2, 0.25) is 10.3 Å².